The third-order valence-corrected chi connectivity index (χ3v) is 6.16. The molecule has 9 nitrogen and oxygen atoms in total. The Labute approximate surface area is 164 Å². The Morgan fingerprint density at radius 3 is 2.61 bits per heavy atom. The molecule has 1 atom stereocenters. The van der Waals surface area contributed by atoms with E-state index in [9.17, 15) is 22.8 Å². The molecule has 0 aliphatic carbocycles. The van der Waals surface area contributed by atoms with Crippen molar-refractivity contribution in [1.82, 2.24) is 20.3 Å². The van der Waals surface area contributed by atoms with Gasteiger partial charge < -0.3 is 15.5 Å². The summed E-state index contributed by atoms with van der Waals surface area (Å²) in [5.41, 5.74) is 0.765. The molecular formula is C18H26N4O5S. The second kappa shape index (κ2) is 9.16. The molecule has 3 amide bonds. The minimum absolute atomic E-state index is 0.0179. The molecule has 28 heavy (non-hydrogen) atoms. The number of nitrogens with one attached hydrogen (secondary N) is 3. The normalized spacial score (nSPS) is 16.7. The summed E-state index contributed by atoms with van der Waals surface area (Å²) in [6, 6.07) is 3.73. The van der Waals surface area contributed by atoms with Crippen LogP contribution in [0.1, 0.15) is 35.7 Å². The molecule has 0 bridgehead atoms. The lowest BCUT2D eigenvalue weighted by Crippen LogP contribution is -2.48. The Morgan fingerprint density at radius 2 is 1.96 bits per heavy atom. The summed E-state index contributed by atoms with van der Waals surface area (Å²) in [5, 5.41) is 5.07. The summed E-state index contributed by atoms with van der Waals surface area (Å²) in [4.78, 5) is 38.3. The van der Waals surface area contributed by atoms with Crippen molar-refractivity contribution < 1.29 is 22.8 Å². The molecular weight excluding hydrogens is 384 g/mol. The van der Waals surface area contributed by atoms with E-state index in [2.05, 4.69) is 15.4 Å². The summed E-state index contributed by atoms with van der Waals surface area (Å²) in [5.74, 6) is -1.13. The van der Waals surface area contributed by atoms with Crippen molar-refractivity contribution in [1.29, 1.82) is 0 Å². The van der Waals surface area contributed by atoms with Crippen molar-refractivity contribution in [2.75, 3.05) is 26.7 Å². The van der Waals surface area contributed by atoms with Gasteiger partial charge in [0.05, 0.1) is 11.4 Å². The van der Waals surface area contributed by atoms with E-state index in [4.69, 9.17) is 0 Å². The van der Waals surface area contributed by atoms with Crippen molar-refractivity contribution in [3.05, 3.63) is 29.3 Å². The summed E-state index contributed by atoms with van der Waals surface area (Å²) >= 11 is 0. The van der Waals surface area contributed by atoms with Crippen LogP contribution >= 0.6 is 0 Å². The number of rotatable bonds is 7. The third kappa shape index (κ3) is 4.87. The van der Waals surface area contributed by atoms with Crippen LogP contribution in [-0.4, -0.2) is 63.8 Å². The highest BCUT2D eigenvalue weighted by molar-refractivity contribution is 7.89. The molecule has 0 radical (unpaired) electrons. The molecule has 0 saturated carbocycles. The van der Waals surface area contributed by atoms with Gasteiger partial charge in [0.2, 0.25) is 21.8 Å². The zero-order valence-electron chi connectivity index (χ0n) is 16.2. The summed E-state index contributed by atoms with van der Waals surface area (Å²) in [6.07, 6.45) is 1.31. The van der Waals surface area contributed by atoms with Crippen molar-refractivity contribution in [2.24, 2.45) is 0 Å². The fraction of sp³-hybridized carbons (Fsp3) is 0.500. The standard InChI is InChI=1S/C18H26N4O5S/c1-4-21-28(26,27)13-8-7-12(2)14(10-13)17(24)20-11-16(23)22-9-5-6-15(22)18(25)19-3/h7-8,10,15,21H,4-6,9,11H2,1-3H3,(H,19,25)(H,20,24). The van der Waals surface area contributed by atoms with Gasteiger partial charge in [0, 0.05) is 25.7 Å². The number of hydrogen-bond donors (Lipinski definition) is 3. The second-order valence-electron chi connectivity index (χ2n) is 6.52. The topological polar surface area (TPSA) is 125 Å². The molecule has 1 heterocycles. The van der Waals surface area contributed by atoms with Crippen LogP contribution in [0.2, 0.25) is 0 Å². The van der Waals surface area contributed by atoms with E-state index >= 15 is 0 Å². The van der Waals surface area contributed by atoms with Gasteiger partial charge in [0.1, 0.15) is 6.04 Å². The summed E-state index contributed by atoms with van der Waals surface area (Å²) in [7, 11) is -2.18. The minimum atomic E-state index is -3.70. The van der Waals surface area contributed by atoms with Crippen LogP contribution in [0.5, 0.6) is 0 Å². The molecule has 1 saturated heterocycles. The first-order valence-electron chi connectivity index (χ1n) is 9.10. The van der Waals surface area contributed by atoms with Crippen LogP contribution in [0, 0.1) is 6.92 Å². The van der Waals surface area contributed by atoms with Crippen LogP contribution < -0.4 is 15.4 Å². The Hall–Kier alpha value is -2.46. The molecule has 2 rings (SSSR count). The quantitative estimate of drug-likeness (QED) is 0.572. The van der Waals surface area contributed by atoms with Crippen LogP contribution in [0.25, 0.3) is 0 Å². The van der Waals surface area contributed by atoms with E-state index in [-0.39, 0.29) is 35.4 Å². The largest absolute Gasteiger partial charge is 0.357 e. The molecule has 3 N–H and O–H groups in total. The Balaban J connectivity index is 2.09. The van der Waals surface area contributed by atoms with Gasteiger partial charge in [-0.15, -0.1) is 0 Å². The lowest BCUT2D eigenvalue weighted by Gasteiger charge is -2.23. The lowest BCUT2D eigenvalue weighted by atomic mass is 10.1. The maximum absolute atomic E-state index is 12.5. The zero-order chi connectivity index (χ0) is 20.9. The van der Waals surface area contributed by atoms with E-state index in [1.54, 1.807) is 19.9 Å². The van der Waals surface area contributed by atoms with Crippen LogP contribution in [-0.2, 0) is 19.6 Å². The van der Waals surface area contributed by atoms with Gasteiger partial charge >= 0.3 is 0 Å². The van der Waals surface area contributed by atoms with Crippen LogP contribution in [0.4, 0.5) is 0 Å². The second-order valence-corrected chi connectivity index (χ2v) is 8.29. The number of hydrogen-bond acceptors (Lipinski definition) is 5. The van der Waals surface area contributed by atoms with E-state index in [0.29, 0.717) is 18.5 Å². The third-order valence-electron chi connectivity index (χ3n) is 4.62. The summed E-state index contributed by atoms with van der Waals surface area (Å²) in [6.45, 7) is 3.77. The summed E-state index contributed by atoms with van der Waals surface area (Å²) < 4.78 is 26.7. The Morgan fingerprint density at radius 1 is 1.25 bits per heavy atom. The number of likely N-dealkylation sites (tertiary alicyclic amines) is 1. The predicted molar refractivity (Wildman–Crippen MR) is 103 cm³/mol. The van der Waals surface area contributed by atoms with Crippen molar-refractivity contribution >= 4 is 27.7 Å². The SMILES string of the molecule is CCNS(=O)(=O)c1ccc(C)c(C(=O)NCC(=O)N2CCCC2C(=O)NC)c1. The molecule has 1 aliphatic rings. The van der Waals surface area contributed by atoms with Crippen molar-refractivity contribution in [3.8, 4) is 0 Å². The molecule has 1 aromatic carbocycles. The van der Waals surface area contributed by atoms with Gasteiger partial charge in [-0.1, -0.05) is 13.0 Å². The molecule has 1 fully saturated rings. The van der Waals surface area contributed by atoms with E-state index in [0.717, 1.165) is 6.42 Å². The van der Waals surface area contributed by atoms with E-state index < -0.39 is 22.0 Å². The minimum Gasteiger partial charge on any atom is -0.357 e. The first kappa shape index (κ1) is 21.8. The van der Waals surface area contributed by atoms with Gasteiger partial charge in [0.25, 0.3) is 5.91 Å². The van der Waals surface area contributed by atoms with Crippen LogP contribution in [0.15, 0.2) is 23.1 Å². The van der Waals surface area contributed by atoms with Crippen molar-refractivity contribution in [3.63, 3.8) is 0 Å². The highest BCUT2D eigenvalue weighted by Gasteiger charge is 2.33. The molecule has 154 valence electrons. The molecule has 1 aliphatic heterocycles. The lowest BCUT2D eigenvalue weighted by molar-refractivity contribution is -0.137. The highest BCUT2D eigenvalue weighted by Crippen LogP contribution is 2.18. The van der Waals surface area contributed by atoms with E-state index in [1.165, 1.54) is 24.1 Å². The molecule has 10 heteroatoms. The van der Waals surface area contributed by atoms with Crippen LogP contribution in [0.3, 0.4) is 0 Å². The van der Waals surface area contributed by atoms with E-state index in [1.807, 2.05) is 0 Å². The number of sulfonamides is 1. The fourth-order valence-electron chi connectivity index (χ4n) is 3.14. The highest BCUT2D eigenvalue weighted by atomic mass is 32.2. The number of carbonyl (C=O) groups is 3. The smallest absolute Gasteiger partial charge is 0.252 e. The Bertz CT molecular complexity index is 869. The predicted octanol–water partition coefficient (Wildman–Crippen LogP) is -0.240. The first-order valence-corrected chi connectivity index (χ1v) is 10.6. The van der Waals surface area contributed by atoms with Gasteiger partial charge in [-0.2, -0.15) is 0 Å². The fourth-order valence-corrected chi connectivity index (χ4v) is 4.21. The number of nitrogens with zero attached hydrogens (tertiary/aromatic N) is 1. The number of carbonyl (C=O) groups excluding carboxylic acids is 3. The average Bonchev–Trinajstić information content (AvgIpc) is 3.15. The first-order chi connectivity index (χ1) is 13.2. The number of amides is 3. The number of benzene rings is 1. The molecule has 0 aromatic heterocycles. The van der Waals surface area contributed by atoms with Gasteiger partial charge in [-0.05, 0) is 37.5 Å². The zero-order valence-corrected chi connectivity index (χ0v) is 17.1. The number of likely N-dealkylation sites (N-methyl/N-ethyl adjacent to an activating group) is 1. The average molecular weight is 410 g/mol. The maximum Gasteiger partial charge on any atom is 0.252 e. The Kier molecular flexibility index (Phi) is 7.14. The molecule has 0 spiro atoms. The molecule has 1 aromatic rings. The van der Waals surface area contributed by atoms with Gasteiger partial charge in [0.15, 0.2) is 0 Å². The maximum atomic E-state index is 12.5. The van der Waals surface area contributed by atoms with Gasteiger partial charge in [-0.25, -0.2) is 13.1 Å². The van der Waals surface area contributed by atoms with Gasteiger partial charge in [-0.3, -0.25) is 14.4 Å². The van der Waals surface area contributed by atoms with Crippen molar-refractivity contribution in [2.45, 2.75) is 37.6 Å². The monoisotopic (exact) mass is 410 g/mol. The number of aryl methyl sites for hydroxylation is 1. The molecule has 1 unspecified atom stereocenters.